The van der Waals surface area contributed by atoms with Crippen molar-refractivity contribution in [3.63, 3.8) is 0 Å². The number of furan rings is 1. The number of hydrogen-bond donors (Lipinski definition) is 2. The van der Waals surface area contributed by atoms with Gasteiger partial charge in [0.25, 0.3) is 5.91 Å². The number of carbonyl (C=O) groups is 1. The van der Waals surface area contributed by atoms with Gasteiger partial charge < -0.3 is 14.5 Å². The first-order chi connectivity index (χ1) is 16.3. The summed E-state index contributed by atoms with van der Waals surface area (Å²) in [6.07, 6.45) is 0. The number of ether oxygens (including phenoxy) is 1. The highest BCUT2D eigenvalue weighted by molar-refractivity contribution is 7.89. The minimum absolute atomic E-state index is 0.139. The van der Waals surface area contributed by atoms with Gasteiger partial charge in [-0.25, -0.2) is 13.1 Å². The van der Waals surface area contributed by atoms with Gasteiger partial charge in [0.15, 0.2) is 5.76 Å². The lowest BCUT2D eigenvalue weighted by atomic mass is 10.1. The zero-order chi connectivity index (χ0) is 24.1. The molecule has 4 rings (SSSR count). The summed E-state index contributed by atoms with van der Waals surface area (Å²) in [6.45, 7) is 3.82. The minimum atomic E-state index is -3.63. The van der Waals surface area contributed by atoms with Gasteiger partial charge in [0.05, 0.1) is 4.90 Å². The quantitative estimate of drug-likeness (QED) is 0.366. The standard InChI is InChI=1S/C26H26N2O5S/c1-18(2)28-34(30,31)21-12-8-9-19(15-21)16-27-26(29)25-23(17-32-20-10-4-3-5-11-20)22-13-6-7-14-24(22)33-25/h3-15,18,28H,16-17H2,1-2H3,(H,27,29). The fraction of sp³-hybridized carbons (Fsp3) is 0.192. The van der Waals surface area contributed by atoms with Gasteiger partial charge >= 0.3 is 0 Å². The maximum absolute atomic E-state index is 13.1. The molecule has 3 aromatic carbocycles. The third-order valence-electron chi connectivity index (χ3n) is 5.08. The molecule has 0 saturated carbocycles. The second-order valence-electron chi connectivity index (χ2n) is 8.11. The zero-order valence-corrected chi connectivity index (χ0v) is 19.8. The van der Waals surface area contributed by atoms with Crippen molar-refractivity contribution >= 4 is 26.9 Å². The summed E-state index contributed by atoms with van der Waals surface area (Å²) in [5.74, 6) is 0.450. The summed E-state index contributed by atoms with van der Waals surface area (Å²) in [5, 5.41) is 3.63. The van der Waals surface area contributed by atoms with E-state index in [2.05, 4.69) is 10.0 Å². The van der Waals surface area contributed by atoms with Gasteiger partial charge in [0.1, 0.15) is 17.9 Å². The number of para-hydroxylation sites is 2. The van der Waals surface area contributed by atoms with Crippen molar-refractivity contribution in [2.24, 2.45) is 0 Å². The minimum Gasteiger partial charge on any atom is -0.489 e. The molecular formula is C26H26N2O5S. The van der Waals surface area contributed by atoms with Crippen LogP contribution in [0.25, 0.3) is 11.0 Å². The van der Waals surface area contributed by atoms with E-state index in [1.165, 1.54) is 6.07 Å². The fourth-order valence-corrected chi connectivity index (χ4v) is 4.88. The van der Waals surface area contributed by atoms with Gasteiger partial charge in [-0.1, -0.05) is 48.5 Å². The topological polar surface area (TPSA) is 97.6 Å². The molecule has 0 spiro atoms. The first-order valence-electron chi connectivity index (χ1n) is 10.9. The van der Waals surface area contributed by atoms with E-state index in [-0.39, 0.29) is 29.8 Å². The molecule has 0 fully saturated rings. The van der Waals surface area contributed by atoms with Gasteiger partial charge in [0, 0.05) is 23.5 Å². The number of hydrogen-bond acceptors (Lipinski definition) is 5. The SMILES string of the molecule is CC(C)NS(=O)(=O)c1cccc(CNC(=O)c2oc3ccccc3c2COc2ccccc2)c1. The van der Waals surface area contributed by atoms with Gasteiger partial charge in [-0.05, 0) is 49.7 Å². The van der Waals surface area contributed by atoms with Crippen LogP contribution >= 0.6 is 0 Å². The predicted molar refractivity (Wildman–Crippen MR) is 130 cm³/mol. The molecule has 0 aliphatic rings. The second kappa shape index (κ2) is 10.1. The molecule has 1 amide bonds. The Morgan fingerprint density at radius 1 is 0.971 bits per heavy atom. The molecule has 1 heterocycles. The number of benzene rings is 3. The van der Waals surface area contributed by atoms with Crippen LogP contribution in [0.2, 0.25) is 0 Å². The van der Waals surface area contributed by atoms with Gasteiger partial charge in [-0.3, -0.25) is 4.79 Å². The van der Waals surface area contributed by atoms with E-state index >= 15 is 0 Å². The van der Waals surface area contributed by atoms with Crippen molar-refractivity contribution in [3.8, 4) is 5.75 Å². The Balaban J connectivity index is 1.53. The van der Waals surface area contributed by atoms with E-state index in [0.29, 0.717) is 22.5 Å². The summed E-state index contributed by atoms with van der Waals surface area (Å²) < 4.78 is 39.2. The molecule has 4 aromatic rings. The van der Waals surface area contributed by atoms with Crippen LogP contribution in [0, 0.1) is 0 Å². The van der Waals surface area contributed by atoms with E-state index in [1.807, 2.05) is 48.5 Å². The van der Waals surface area contributed by atoms with Crippen LogP contribution in [0.3, 0.4) is 0 Å². The Hall–Kier alpha value is -3.62. The first-order valence-corrected chi connectivity index (χ1v) is 12.4. The Kier molecular flexibility index (Phi) is 7.00. The number of fused-ring (bicyclic) bond motifs is 1. The highest BCUT2D eigenvalue weighted by Gasteiger charge is 2.21. The monoisotopic (exact) mass is 478 g/mol. The Morgan fingerprint density at radius 3 is 2.47 bits per heavy atom. The fourth-order valence-electron chi connectivity index (χ4n) is 3.56. The van der Waals surface area contributed by atoms with Crippen molar-refractivity contribution in [1.82, 2.24) is 10.0 Å². The van der Waals surface area contributed by atoms with E-state index in [9.17, 15) is 13.2 Å². The van der Waals surface area contributed by atoms with Crippen LogP contribution in [-0.4, -0.2) is 20.4 Å². The predicted octanol–water partition coefficient (Wildman–Crippen LogP) is 4.63. The average Bonchev–Trinajstić information content (AvgIpc) is 3.20. The first kappa shape index (κ1) is 23.5. The maximum atomic E-state index is 13.1. The number of sulfonamides is 1. The van der Waals surface area contributed by atoms with Crippen LogP contribution < -0.4 is 14.8 Å². The van der Waals surface area contributed by atoms with Crippen LogP contribution in [0.15, 0.2) is 88.2 Å². The third kappa shape index (κ3) is 5.47. The molecule has 8 heteroatoms. The maximum Gasteiger partial charge on any atom is 0.287 e. The number of carbonyl (C=O) groups excluding carboxylic acids is 1. The van der Waals surface area contributed by atoms with E-state index in [4.69, 9.17) is 9.15 Å². The van der Waals surface area contributed by atoms with Gasteiger partial charge in [0.2, 0.25) is 10.0 Å². The summed E-state index contributed by atoms with van der Waals surface area (Å²) in [7, 11) is -3.63. The van der Waals surface area contributed by atoms with Gasteiger partial charge in [-0.15, -0.1) is 0 Å². The lowest BCUT2D eigenvalue weighted by Gasteiger charge is -2.11. The van der Waals surface area contributed by atoms with Crippen molar-refractivity contribution in [3.05, 3.63) is 95.7 Å². The molecule has 1 aromatic heterocycles. The van der Waals surface area contributed by atoms with Crippen molar-refractivity contribution in [1.29, 1.82) is 0 Å². The number of nitrogens with one attached hydrogen (secondary N) is 2. The highest BCUT2D eigenvalue weighted by Crippen LogP contribution is 2.27. The van der Waals surface area contributed by atoms with Crippen LogP contribution in [0.1, 0.15) is 35.5 Å². The molecule has 0 unspecified atom stereocenters. The van der Waals surface area contributed by atoms with Crippen LogP contribution in [0.5, 0.6) is 5.75 Å². The molecule has 0 bridgehead atoms. The average molecular weight is 479 g/mol. The second-order valence-corrected chi connectivity index (χ2v) is 9.83. The summed E-state index contributed by atoms with van der Waals surface area (Å²) >= 11 is 0. The normalized spacial score (nSPS) is 11.6. The molecule has 7 nitrogen and oxygen atoms in total. The molecule has 0 radical (unpaired) electrons. The van der Waals surface area contributed by atoms with E-state index in [1.54, 1.807) is 38.1 Å². The summed E-state index contributed by atoms with van der Waals surface area (Å²) in [4.78, 5) is 13.2. The third-order valence-corrected chi connectivity index (χ3v) is 6.74. The smallest absolute Gasteiger partial charge is 0.287 e. The molecule has 176 valence electrons. The summed E-state index contributed by atoms with van der Waals surface area (Å²) in [5.41, 5.74) is 1.89. The Labute approximate surface area is 198 Å². The van der Waals surface area contributed by atoms with Crippen molar-refractivity contribution < 1.29 is 22.4 Å². The molecule has 0 atom stereocenters. The van der Waals surface area contributed by atoms with E-state index < -0.39 is 15.9 Å². The molecule has 2 N–H and O–H groups in total. The zero-order valence-electron chi connectivity index (χ0n) is 18.9. The number of amides is 1. The van der Waals surface area contributed by atoms with Crippen LogP contribution in [-0.2, 0) is 23.2 Å². The molecule has 0 aliphatic carbocycles. The van der Waals surface area contributed by atoms with Gasteiger partial charge in [-0.2, -0.15) is 0 Å². The molecule has 34 heavy (non-hydrogen) atoms. The molecular weight excluding hydrogens is 452 g/mol. The lowest BCUT2D eigenvalue weighted by molar-refractivity contribution is 0.0922. The Bertz CT molecular complexity index is 1400. The van der Waals surface area contributed by atoms with Crippen molar-refractivity contribution in [2.75, 3.05) is 0 Å². The summed E-state index contributed by atoms with van der Waals surface area (Å²) in [6, 6.07) is 23.0. The Morgan fingerprint density at radius 2 is 1.71 bits per heavy atom. The van der Waals surface area contributed by atoms with E-state index in [0.717, 1.165) is 5.39 Å². The molecule has 0 aliphatic heterocycles. The van der Waals surface area contributed by atoms with Crippen molar-refractivity contribution in [2.45, 2.75) is 37.9 Å². The highest BCUT2D eigenvalue weighted by atomic mass is 32.2. The molecule has 0 saturated heterocycles. The number of rotatable bonds is 9. The van der Waals surface area contributed by atoms with Crippen LogP contribution in [0.4, 0.5) is 0 Å². The largest absolute Gasteiger partial charge is 0.489 e. The lowest BCUT2D eigenvalue weighted by Crippen LogP contribution is -2.30.